The van der Waals surface area contributed by atoms with Crippen LogP contribution in [0.4, 0.5) is 10.2 Å². The smallest absolute Gasteiger partial charge is 0.152 e. The van der Waals surface area contributed by atoms with E-state index < -0.39 is 6.07 Å². The predicted molar refractivity (Wildman–Crippen MR) is 93.1 cm³/mol. The first-order valence-corrected chi connectivity index (χ1v) is 8.02. The molecule has 1 aromatic carbocycles. The van der Waals surface area contributed by atoms with Crippen LogP contribution in [0.5, 0.6) is 0 Å². The maximum absolute atomic E-state index is 13.8. The number of aromatic nitrogens is 2. The van der Waals surface area contributed by atoms with Gasteiger partial charge in [0.15, 0.2) is 7.85 Å². The molecule has 0 radical (unpaired) electrons. The van der Waals surface area contributed by atoms with Gasteiger partial charge >= 0.3 is 0 Å². The van der Waals surface area contributed by atoms with Gasteiger partial charge < -0.3 is 4.90 Å². The number of rotatable bonds is 4. The summed E-state index contributed by atoms with van der Waals surface area (Å²) in [4.78, 5) is 12.0. The van der Waals surface area contributed by atoms with Crippen molar-refractivity contribution in [2.45, 2.75) is 19.5 Å². The summed E-state index contributed by atoms with van der Waals surface area (Å²) in [7, 11) is 3.56. The van der Waals surface area contributed by atoms with Gasteiger partial charge in [0.1, 0.15) is 12.1 Å². The Labute approximate surface area is 134 Å². The Bertz CT molecular complexity index is 803. The van der Waals surface area contributed by atoms with Crippen molar-refractivity contribution in [1.29, 1.82) is 0 Å². The van der Waals surface area contributed by atoms with Crippen LogP contribution in [-0.2, 0) is 6.54 Å². The molecular formula is C16H17BFN3S. The summed E-state index contributed by atoms with van der Waals surface area (Å²) in [6, 6.07) is 9.70. The fraction of sp³-hybridized carbons (Fsp3) is 0.250. The van der Waals surface area contributed by atoms with Crippen LogP contribution >= 0.6 is 11.3 Å². The third-order valence-corrected chi connectivity index (χ3v) is 4.70. The standard InChI is InChI=1S/C16H17BFN3S/c1-10-7-13-14(22-10)16(20-9-19-13)21(2)8-11-5-3-4-6-12(11)15(17)18/h3-7,9,15H,8,17H2,1-2H3. The van der Waals surface area contributed by atoms with Crippen molar-refractivity contribution >= 4 is 35.2 Å². The van der Waals surface area contributed by atoms with E-state index >= 15 is 0 Å². The first-order chi connectivity index (χ1) is 10.6. The second-order valence-corrected chi connectivity index (χ2v) is 6.70. The van der Waals surface area contributed by atoms with Gasteiger partial charge in [-0.25, -0.2) is 9.97 Å². The van der Waals surface area contributed by atoms with Crippen molar-refractivity contribution in [2.75, 3.05) is 11.9 Å². The van der Waals surface area contributed by atoms with Gasteiger partial charge in [0.05, 0.1) is 16.3 Å². The van der Waals surface area contributed by atoms with Crippen molar-refractivity contribution in [1.82, 2.24) is 9.97 Å². The van der Waals surface area contributed by atoms with E-state index in [9.17, 15) is 4.39 Å². The highest BCUT2D eigenvalue weighted by atomic mass is 32.1. The average molecular weight is 313 g/mol. The molecular weight excluding hydrogens is 296 g/mol. The Hall–Kier alpha value is -1.95. The molecule has 0 fully saturated rings. The quantitative estimate of drug-likeness (QED) is 0.693. The number of alkyl halides is 1. The maximum atomic E-state index is 13.8. The molecule has 0 aliphatic heterocycles. The summed E-state index contributed by atoms with van der Waals surface area (Å²) < 4.78 is 14.8. The van der Waals surface area contributed by atoms with Gasteiger partial charge in [0.25, 0.3) is 0 Å². The number of halogens is 1. The first-order valence-electron chi connectivity index (χ1n) is 7.20. The van der Waals surface area contributed by atoms with E-state index in [2.05, 4.69) is 27.9 Å². The molecule has 3 rings (SSSR count). The van der Waals surface area contributed by atoms with E-state index in [-0.39, 0.29) is 0 Å². The molecule has 0 saturated carbocycles. The van der Waals surface area contributed by atoms with Gasteiger partial charge in [-0.2, -0.15) is 0 Å². The summed E-state index contributed by atoms with van der Waals surface area (Å²) in [6.07, 6.45) is 0.614. The van der Waals surface area contributed by atoms with Gasteiger partial charge in [-0.05, 0) is 24.1 Å². The van der Waals surface area contributed by atoms with Gasteiger partial charge in [0, 0.05) is 18.5 Å². The molecule has 112 valence electrons. The number of hydrogen-bond donors (Lipinski definition) is 0. The van der Waals surface area contributed by atoms with Gasteiger partial charge in [-0.1, -0.05) is 24.3 Å². The topological polar surface area (TPSA) is 29.0 Å². The van der Waals surface area contributed by atoms with E-state index in [0.29, 0.717) is 6.54 Å². The van der Waals surface area contributed by atoms with Crippen LogP contribution in [-0.4, -0.2) is 24.9 Å². The molecule has 6 heteroatoms. The summed E-state index contributed by atoms with van der Waals surface area (Å²) in [5, 5.41) is 0. The molecule has 2 aromatic heterocycles. The first kappa shape index (κ1) is 15.0. The van der Waals surface area contributed by atoms with Crippen LogP contribution in [0.2, 0.25) is 0 Å². The normalized spacial score (nSPS) is 12.5. The molecule has 1 atom stereocenters. The summed E-state index contributed by atoms with van der Waals surface area (Å²) >= 11 is 1.69. The summed E-state index contributed by atoms with van der Waals surface area (Å²) in [5.74, 6) is 0.893. The number of benzene rings is 1. The fourth-order valence-electron chi connectivity index (χ4n) is 2.63. The highest BCUT2D eigenvalue weighted by Crippen LogP contribution is 2.31. The lowest BCUT2D eigenvalue weighted by Crippen LogP contribution is -2.19. The van der Waals surface area contributed by atoms with Crippen LogP contribution < -0.4 is 4.90 Å². The number of fused-ring (bicyclic) bond motifs is 1. The van der Waals surface area contributed by atoms with E-state index in [1.807, 2.05) is 31.3 Å². The minimum Gasteiger partial charge on any atom is -0.354 e. The zero-order valence-electron chi connectivity index (χ0n) is 12.9. The lowest BCUT2D eigenvalue weighted by molar-refractivity contribution is 0.456. The Balaban J connectivity index is 1.96. The molecule has 22 heavy (non-hydrogen) atoms. The van der Waals surface area contributed by atoms with Crippen molar-refractivity contribution in [3.8, 4) is 0 Å². The Kier molecular flexibility index (Phi) is 4.11. The van der Waals surface area contributed by atoms with Crippen LogP contribution in [0, 0.1) is 6.92 Å². The van der Waals surface area contributed by atoms with E-state index in [1.165, 1.54) is 4.88 Å². The monoisotopic (exact) mass is 313 g/mol. The Morgan fingerprint density at radius 3 is 2.86 bits per heavy atom. The molecule has 1 unspecified atom stereocenters. The molecule has 3 nitrogen and oxygen atoms in total. The zero-order valence-corrected chi connectivity index (χ0v) is 13.7. The number of thiophene rings is 1. The molecule has 0 spiro atoms. The average Bonchev–Trinajstić information content (AvgIpc) is 2.87. The number of nitrogens with zero attached hydrogens (tertiary/aromatic N) is 3. The lowest BCUT2D eigenvalue weighted by Gasteiger charge is -2.21. The molecule has 3 aromatic rings. The SMILES string of the molecule is BC(F)c1ccccc1CN(C)c1ncnc2cc(C)sc12. The number of aryl methyl sites for hydroxylation is 1. The minimum atomic E-state index is -0.973. The van der Waals surface area contributed by atoms with Gasteiger partial charge in [0.2, 0.25) is 0 Å². The van der Waals surface area contributed by atoms with E-state index in [4.69, 9.17) is 0 Å². The molecule has 0 N–H and O–H groups in total. The van der Waals surface area contributed by atoms with E-state index in [0.717, 1.165) is 27.2 Å². The van der Waals surface area contributed by atoms with Crippen LogP contribution in [0.25, 0.3) is 10.2 Å². The number of hydrogen-bond acceptors (Lipinski definition) is 4. The molecule has 0 saturated heterocycles. The highest BCUT2D eigenvalue weighted by Gasteiger charge is 2.14. The Morgan fingerprint density at radius 1 is 1.32 bits per heavy atom. The predicted octanol–water partition coefficient (Wildman–Crippen LogP) is 3.24. The highest BCUT2D eigenvalue weighted by molar-refractivity contribution is 7.19. The zero-order chi connectivity index (χ0) is 15.7. The van der Waals surface area contributed by atoms with Crippen LogP contribution in [0.15, 0.2) is 36.7 Å². The fourth-order valence-corrected chi connectivity index (χ4v) is 3.64. The van der Waals surface area contributed by atoms with Crippen molar-refractivity contribution in [3.05, 3.63) is 52.7 Å². The van der Waals surface area contributed by atoms with Crippen molar-refractivity contribution < 1.29 is 4.39 Å². The number of anilines is 1. The third kappa shape index (κ3) is 2.83. The molecule has 0 bridgehead atoms. The van der Waals surface area contributed by atoms with Crippen LogP contribution in [0.3, 0.4) is 0 Å². The molecule has 0 amide bonds. The maximum Gasteiger partial charge on any atom is 0.152 e. The largest absolute Gasteiger partial charge is 0.354 e. The van der Waals surface area contributed by atoms with E-state index in [1.54, 1.807) is 25.5 Å². The van der Waals surface area contributed by atoms with Crippen molar-refractivity contribution in [3.63, 3.8) is 0 Å². The molecule has 0 aliphatic carbocycles. The minimum absolute atomic E-state index is 0.619. The third-order valence-electron chi connectivity index (χ3n) is 3.67. The van der Waals surface area contributed by atoms with Crippen molar-refractivity contribution in [2.24, 2.45) is 0 Å². The van der Waals surface area contributed by atoms with Crippen LogP contribution in [0.1, 0.15) is 22.1 Å². The van der Waals surface area contributed by atoms with Gasteiger partial charge in [-0.15, -0.1) is 11.3 Å². The second kappa shape index (κ2) is 6.05. The summed E-state index contributed by atoms with van der Waals surface area (Å²) in [6.45, 7) is 2.68. The summed E-state index contributed by atoms with van der Waals surface area (Å²) in [5.41, 5.74) is 2.69. The molecule has 2 heterocycles. The lowest BCUT2D eigenvalue weighted by atomic mass is 9.90. The molecule has 0 aliphatic rings. The van der Waals surface area contributed by atoms with Gasteiger partial charge in [-0.3, -0.25) is 4.39 Å². The second-order valence-electron chi connectivity index (χ2n) is 5.44. The Morgan fingerprint density at radius 2 is 2.09 bits per heavy atom.